The molecule has 4 aromatic rings. The number of anilines is 3. The zero-order chi connectivity index (χ0) is 25.5. The molecule has 3 aliphatic heterocycles. The molecule has 7 rings (SSSR count). The van der Waals surface area contributed by atoms with E-state index in [4.69, 9.17) is 35.5 Å². The highest BCUT2D eigenvalue weighted by molar-refractivity contribution is 8.26. The fraction of sp³-hybridized carbons (Fsp3) is 0.143. The van der Waals surface area contributed by atoms with Crippen LogP contribution in [0.15, 0.2) is 60.7 Å². The van der Waals surface area contributed by atoms with Crippen LogP contribution >= 0.6 is 6.04 Å². The normalized spacial score (nSPS) is 17.4. The third-order valence-electron chi connectivity index (χ3n) is 7.01. The van der Waals surface area contributed by atoms with E-state index in [-0.39, 0.29) is 6.61 Å². The smallest absolute Gasteiger partial charge is 0.144 e. The summed E-state index contributed by atoms with van der Waals surface area (Å²) in [6.07, 6.45) is 0. The lowest BCUT2D eigenvalue weighted by Crippen LogP contribution is -2.42. The molecule has 0 aliphatic carbocycles. The maximum absolute atomic E-state index is 10.2. The highest BCUT2D eigenvalue weighted by Crippen LogP contribution is 2.66. The van der Waals surface area contributed by atoms with Crippen LogP contribution in [-0.4, -0.2) is 26.4 Å². The molecule has 186 valence electrons. The Balaban J connectivity index is 1.62. The molecule has 0 spiro atoms. The number of aliphatic hydroxyl groups is 1. The topological polar surface area (TPSA) is 69.6 Å². The molecule has 0 aromatic heterocycles. The first kappa shape index (κ1) is 22.5. The van der Waals surface area contributed by atoms with Crippen molar-refractivity contribution in [1.29, 1.82) is 0 Å². The molecule has 1 N–H and O–H groups in total. The Hall–Kier alpha value is -3.71. The molecule has 0 fully saturated rings. The van der Waals surface area contributed by atoms with E-state index in [1.54, 1.807) is 21.3 Å². The molecule has 9 heteroatoms. The molecule has 1 unspecified atom stereocenters. The molecule has 3 heterocycles. The molecule has 0 saturated heterocycles. The molecule has 3 aliphatic rings. The van der Waals surface area contributed by atoms with E-state index < -0.39 is 6.04 Å². The van der Waals surface area contributed by atoms with Crippen LogP contribution in [0.3, 0.4) is 0 Å². The molecule has 0 amide bonds. The molecule has 4 aromatic carbocycles. The van der Waals surface area contributed by atoms with Gasteiger partial charge in [-0.05, 0) is 42.0 Å². The predicted octanol–water partition coefficient (Wildman–Crippen LogP) is 4.96. The van der Waals surface area contributed by atoms with Crippen LogP contribution in [0.2, 0.25) is 0 Å². The predicted molar refractivity (Wildman–Crippen MR) is 146 cm³/mol. The van der Waals surface area contributed by atoms with Crippen molar-refractivity contribution in [3.63, 3.8) is 0 Å². The summed E-state index contributed by atoms with van der Waals surface area (Å²) in [5, 5.41) is 12.9. The van der Waals surface area contributed by atoms with Crippen LogP contribution in [0, 0.1) is 0 Å². The van der Waals surface area contributed by atoms with Gasteiger partial charge < -0.3 is 33.7 Å². The number of methoxy groups -OCH3 is 3. The summed E-state index contributed by atoms with van der Waals surface area (Å²) in [7, 11) is 4.89. The van der Waals surface area contributed by atoms with Gasteiger partial charge in [-0.2, -0.15) is 0 Å². The lowest BCUT2D eigenvalue weighted by molar-refractivity contribution is 0.281. The van der Waals surface area contributed by atoms with Crippen LogP contribution in [0.4, 0.5) is 17.1 Å². The third-order valence-corrected chi connectivity index (χ3v) is 11.9. The molecular weight excluding hydrogens is 509 g/mol. The summed E-state index contributed by atoms with van der Waals surface area (Å²) in [6.45, 7) is -0.140. The molecule has 0 saturated carbocycles. The third kappa shape index (κ3) is 2.95. The van der Waals surface area contributed by atoms with Crippen molar-refractivity contribution in [2.75, 3.05) is 26.2 Å². The number of hydrogen-bond acceptors (Lipinski definition) is 8. The van der Waals surface area contributed by atoms with Crippen molar-refractivity contribution in [3.05, 3.63) is 66.2 Å². The number of hydrogen-bond donors (Lipinski definition) is 1. The van der Waals surface area contributed by atoms with E-state index in [1.165, 1.54) is 0 Å². The van der Waals surface area contributed by atoms with Gasteiger partial charge in [-0.3, -0.25) is 0 Å². The van der Waals surface area contributed by atoms with Gasteiger partial charge in [0.15, 0.2) is 0 Å². The first-order chi connectivity index (χ1) is 18.0. The monoisotopic (exact) mass is 531 g/mol. The molecule has 7 nitrogen and oxygen atoms in total. The highest BCUT2D eigenvalue weighted by atomic mass is 32.4. The Morgan fingerprint density at radius 3 is 1.78 bits per heavy atom. The second-order valence-electron chi connectivity index (χ2n) is 8.93. The standard InChI is InChI=1S/C28H22NO6PS/c1-31-17-6-4-16(5-7-17)29-20-8-15(14-30)9-22-26(20)36(37)27-21(29)10-18(32-2)11-23(27)35-25-13-19(33-3)12-24(34-22)28(25)36/h4-13,30H,14H2,1-3H3. The van der Waals surface area contributed by atoms with Crippen LogP contribution < -0.4 is 44.5 Å². The first-order valence-corrected chi connectivity index (χ1v) is 14.4. The van der Waals surface area contributed by atoms with Gasteiger partial charge in [0.05, 0.1) is 61.3 Å². The van der Waals surface area contributed by atoms with Gasteiger partial charge in [0.1, 0.15) is 40.2 Å². The molecule has 1 atom stereocenters. The van der Waals surface area contributed by atoms with Gasteiger partial charge in [0, 0.05) is 30.0 Å². The Bertz CT molecular complexity index is 1580. The minimum Gasteiger partial charge on any atom is -0.497 e. The van der Waals surface area contributed by atoms with Gasteiger partial charge in [-0.15, -0.1) is 0 Å². The van der Waals surface area contributed by atoms with Gasteiger partial charge in [0.2, 0.25) is 0 Å². The fourth-order valence-corrected chi connectivity index (χ4v) is 10.4. The van der Waals surface area contributed by atoms with Crippen molar-refractivity contribution >= 4 is 50.8 Å². The van der Waals surface area contributed by atoms with Gasteiger partial charge in [-0.1, -0.05) is 11.8 Å². The number of nitrogens with zero attached hydrogens (tertiary/aromatic N) is 1. The molecule has 0 bridgehead atoms. The fourth-order valence-electron chi connectivity index (χ4n) is 5.41. The second kappa shape index (κ2) is 7.89. The van der Waals surface area contributed by atoms with Gasteiger partial charge in [-0.25, -0.2) is 0 Å². The first-order valence-electron chi connectivity index (χ1n) is 11.6. The van der Waals surface area contributed by atoms with E-state index in [0.29, 0.717) is 34.5 Å². The summed E-state index contributed by atoms with van der Waals surface area (Å²) in [4.78, 5) is 2.13. The summed E-state index contributed by atoms with van der Waals surface area (Å²) in [6, 6.07) is 16.7. The van der Waals surface area contributed by atoms with E-state index in [9.17, 15) is 5.11 Å². The van der Waals surface area contributed by atoms with Crippen molar-refractivity contribution in [2.24, 2.45) is 0 Å². The van der Waals surface area contributed by atoms with Crippen LogP contribution in [0.1, 0.15) is 5.56 Å². The summed E-state index contributed by atoms with van der Waals surface area (Å²) < 4.78 is 29.6. The van der Waals surface area contributed by atoms with Crippen molar-refractivity contribution < 1.29 is 28.8 Å². The minimum atomic E-state index is -2.62. The quantitative estimate of drug-likeness (QED) is 0.313. The molecular formula is C28H22NO6PS. The lowest BCUT2D eigenvalue weighted by Gasteiger charge is -2.46. The van der Waals surface area contributed by atoms with Crippen molar-refractivity contribution in [2.45, 2.75) is 6.61 Å². The van der Waals surface area contributed by atoms with Gasteiger partial charge in [0.25, 0.3) is 0 Å². The highest BCUT2D eigenvalue weighted by Gasteiger charge is 2.50. The zero-order valence-electron chi connectivity index (χ0n) is 20.3. The molecule has 0 radical (unpaired) electrons. The van der Waals surface area contributed by atoms with Crippen LogP contribution in [-0.2, 0) is 18.4 Å². The second-order valence-corrected chi connectivity index (χ2v) is 13.1. The van der Waals surface area contributed by atoms with Crippen LogP contribution in [0.25, 0.3) is 0 Å². The minimum absolute atomic E-state index is 0.140. The summed E-state index contributed by atoms with van der Waals surface area (Å²) >= 11 is 6.73. The van der Waals surface area contributed by atoms with Crippen molar-refractivity contribution in [3.8, 4) is 40.2 Å². The van der Waals surface area contributed by atoms with Gasteiger partial charge >= 0.3 is 0 Å². The zero-order valence-corrected chi connectivity index (χ0v) is 22.0. The number of ether oxygens (including phenoxy) is 5. The Morgan fingerprint density at radius 2 is 1.22 bits per heavy atom. The molecule has 37 heavy (non-hydrogen) atoms. The Kier molecular flexibility index (Phi) is 4.80. The number of benzene rings is 4. The van der Waals surface area contributed by atoms with E-state index in [1.807, 2.05) is 60.7 Å². The summed E-state index contributed by atoms with van der Waals surface area (Å²) in [5.74, 6) is 4.57. The summed E-state index contributed by atoms with van der Waals surface area (Å²) in [5.41, 5.74) is 3.38. The van der Waals surface area contributed by atoms with E-state index in [0.717, 1.165) is 44.3 Å². The maximum atomic E-state index is 10.2. The van der Waals surface area contributed by atoms with Crippen LogP contribution in [0.5, 0.6) is 40.2 Å². The number of aliphatic hydroxyl groups excluding tert-OH is 1. The van der Waals surface area contributed by atoms with Crippen molar-refractivity contribution in [1.82, 2.24) is 0 Å². The largest absolute Gasteiger partial charge is 0.497 e. The lowest BCUT2D eigenvalue weighted by atomic mass is 10.1. The SMILES string of the molecule is COc1ccc(N2c3cc(CO)cc4c3P3(=S)c5c(cc(OC)cc5Oc5cc(OC)cc2c53)O4)cc1. The average molecular weight is 532 g/mol. The Labute approximate surface area is 218 Å². The average Bonchev–Trinajstić information content (AvgIpc) is 2.92. The van der Waals surface area contributed by atoms with E-state index >= 15 is 0 Å². The van der Waals surface area contributed by atoms with E-state index in [2.05, 4.69) is 4.90 Å². The maximum Gasteiger partial charge on any atom is 0.144 e. The number of rotatable bonds is 5. The Morgan fingerprint density at radius 1 is 0.703 bits per heavy atom.